The molecule has 0 aliphatic rings. The van der Waals surface area contributed by atoms with E-state index in [1.165, 1.54) is 0 Å². The number of hydrogen-bond donors (Lipinski definition) is 1. The first-order chi connectivity index (χ1) is 13.7. The zero-order valence-electron chi connectivity index (χ0n) is 14.7. The maximum absolute atomic E-state index is 12.4. The summed E-state index contributed by atoms with van der Waals surface area (Å²) in [6.45, 7) is 0.431. The Morgan fingerprint density at radius 3 is 2.71 bits per heavy atom. The quantitative estimate of drug-likeness (QED) is 0.629. The average molecular weight is 373 g/mol. The molecule has 3 rings (SSSR count). The molecule has 1 aromatic carbocycles. The number of ether oxygens (including phenoxy) is 1. The molecule has 0 unspecified atom stereocenters. The Bertz CT molecular complexity index is 1030. The monoisotopic (exact) mass is 373 g/mol. The summed E-state index contributed by atoms with van der Waals surface area (Å²) in [6, 6.07) is 13.9. The Hall–Kier alpha value is -4.24. The minimum absolute atomic E-state index is 0.0513. The molecule has 3 aromatic rings. The summed E-state index contributed by atoms with van der Waals surface area (Å²) >= 11 is 0. The molecule has 0 saturated carbocycles. The molecule has 0 bridgehead atoms. The second-order valence-electron chi connectivity index (χ2n) is 5.60. The third kappa shape index (κ3) is 4.48. The normalized spacial score (nSPS) is 9.93. The van der Waals surface area contributed by atoms with Gasteiger partial charge >= 0.3 is 0 Å². The molecule has 0 radical (unpaired) electrons. The fraction of sp³-hybridized carbons (Fsp3) is 0.158. The van der Waals surface area contributed by atoms with Gasteiger partial charge in [0.2, 0.25) is 0 Å². The van der Waals surface area contributed by atoms with Crippen molar-refractivity contribution in [1.82, 2.24) is 19.9 Å². The molecule has 9 heteroatoms. The van der Waals surface area contributed by atoms with E-state index in [9.17, 15) is 10.1 Å². The molecule has 1 amide bonds. The first-order valence-electron chi connectivity index (χ1n) is 8.40. The Balaban J connectivity index is 1.68. The number of pyridine rings is 1. The van der Waals surface area contributed by atoms with Gasteiger partial charge in [0, 0.05) is 29.9 Å². The van der Waals surface area contributed by atoms with Crippen LogP contribution in [0, 0.1) is 22.7 Å². The van der Waals surface area contributed by atoms with Gasteiger partial charge in [0.15, 0.2) is 5.82 Å². The maximum Gasteiger partial charge on any atom is 0.271 e. The third-order valence-electron chi connectivity index (χ3n) is 3.65. The number of nitrogens with zero attached hydrogens (tertiary/aromatic N) is 6. The van der Waals surface area contributed by atoms with Gasteiger partial charge in [-0.25, -0.2) is 5.43 Å². The van der Waals surface area contributed by atoms with Crippen molar-refractivity contribution in [1.29, 1.82) is 10.5 Å². The van der Waals surface area contributed by atoms with Gasteiger partial charge in [0.25, 0.3) is 11.7 Å². The summed E-state index contributed by atoms with van der Waals surface area (Å²) in [6.07, 6.45) is 4.25. The van der Waals surface area contributed by atoms with Gasteiger partial charge in [-0.05, 0) is 42.8 Å². The number of aromatic nitrogens is 4. The lowest BCUT2D eigenvalue weighted by molar-refractivity contribution is 0.100. The minimum Gasteiger partial charge on any atom is -0.494 e. The topological polar surface area (TPSA) is 130 Å². The number of unbranched alkanes of at least 4 members (excludes halogenated alkanes) is 1. The summed E-state index contributed by atoms with van der Waals surface area (Å²) < 4.78 is 5.49. The molecule has 0 spiro atoms. The zero-order chi connectivity index (χ0) is 19.8. The first kappa shape index (κ1) is 18.5. The summed E-state index contributed by atoms with van der Waals surface area (Å²) in [7, 11) is 0. The van der Waals surface area contributed by atoms with Crippen molar-refractivity contribution < 1.29 is 9.53 Å². The van der Waals surface area contributed by atoms with Crippen molar-refractivity contribution in [2.45, 2.75) is 12.8 Å². The Morgan fingerprint density at radius 2 is 2.04 bits per heavy atom. The van der Waals surface area contributed by atoms with E-state index in [1.807, 2.05) is 12.1 Å². The van der Waals surface area contributed by atoms with E-state index in [4.69, 9.17) is 10.00 Å². The number of nitrogens with one attached hydrogen (secondary N) is 1. The van der Waals surface area contributed by atoms with Gasteiger partial charge in [0.05, 0.1) is 12.7 Å². The average Bonchev–Trinajstić information content (AvgIpc) is 3.15. The molecule has 0 atom stereocenters. The van der Waals surface area contributed by atoms with Gasteiger partial charge in [-0.15, -0.1) is 9.89 Å². The fourth-order valence-electron chi connectivity index (χ4n) is 2.28. The molecule has 0 saturated heterocycles. The molecule has 138 valence electrons. The van der Waals surface area contributed by atoms with E-state index >= 15 is 0 Å². The van der Waals surface area contributed by atoms with Gasteiger partial charge in [0.1, 0.15) is 11.8 Å². The van der Waals surface area contributed by atoms with Crippen LogP contribution in [-0.2, 0) is 0 Å². The lowest BCUT2D eigenvalue weighted by atomic mass is 10.2. The standard InChI is InChI=1S/C19H15N7O2/c20-9-1-2-11-28-16-7-5-14(6-8-16)19(27)25-26-17(12-21)23-18(24-26)15-4-3-10-22-13-15/h3-8,10,13H,1-2,11H2,(H,25,27). The lowest BCUT2D eigenvalue weighted by Crippen LogP contribution is -2.25. The molecule has 2 aromatic heterocycles. The minimum atomic E-state index is -0.449. The van der Waals surface area contributed by atoms with Crippen LogP contribution in [0.1, 0.15) is 29.0 Å². The number of amides is 1. The number of carbonyl (C=O) groups is 1. The van der Waals surface area contributed by atoms with Gasteiger partial charge in [-0.3, -0.25) is 9.78 Å². The van der Waals surface area contributed by atoms with Gasteiger partial charge < -0.3 is 4.74 Å². The maximum atomic E-state index is 12.4. The van der Waals surface area contributed by atoms with Crippen molar-refractivity contribution in [3.05, 3.63) is 60.2 Å². The first-order valence-corrected chi connectivity index (χ1v) is 8.40. The van der Waals surface area contributed by atoms with E-state index in [0.717, 1.165) is 4.79 Å². The number of rotatable bonds is 7. The molecule has 28 heavy (non-hydrogen) atoms. The Labute approximate surface area is 160 Å². The second-order valence-corrected chi connectivity index (χ2v) is 5.60. The highest BCUT2D eigenvalue weighted by Gasteiger charge is 2.14. The van der Waals surface area contributed by atoms with Crippen molar-refractivity contribution in [2.24, 2.45) is 0 Å². The summed E-state index contributed by atoms with van der Waals surface area (Å²) in [5.41, 5.74) is 3.53. The summed E-state index contributed by atoms with van der Waals surface area (Å²) in [5, 5.41) is 21.9. The molecule has 0 aliphatic heterocycles. The van der Waals surface area contributed by atoms with Crippen molar-refractivity contribution >= 4 is 5.91 Å². The smallest absolute Gasteiger partial charge is 0.271 e. The Kier molecular flexibility index (Phi) is 5.91. The van der Waals surface area contributed by atoms with Crippen LogP contribution >= 0.6 is 0 Å². The second kappa shape index (κ2) is 8.92. The van der Waals surface area contributed by atoms with Crippen LogP contribution in [0.2, 0.25) is 0 Å². The predicted octanol–water partition coefficient (Wildman–Crippen LogP) is 2.28. The fourth-order valence-corrected chi connectivity index (χ4v) is 2.28. The summed E-state index contributed by atoms with van der Waals surface area (Å²) in [5.74, 6) is 0.387. The van der Waals surface area contributed by atoms with Gasteiger partial charge in [-0.2, -0.15) is 15.5 Å². The van der Waals surface area contributed by atoms with E-state index in [2.05, 4.69) is 20.5 Å². The van der Waals surface area contributed by atoms with E-state index in [0.29, 0.717) is 36.3 Å². The Morgan fingerprint density at radius 1 is 1.21 bits per heavy atom. The molecular formula is C19H15N7O2. The zero-order valence-corrected chi connectivity index (χ0v) is 14.7. The largest absolute Gasteiger partial charge is 0.494 e. The van der Waals surface area contributed by atoms with Crippen LogP contribution in [-0.4, -0.2) is 32.4 Å². The van der Waals surface area contributed by atoms with Crippen molar-refractivity contribution in [2.75, 3.05) is 12.0 Å². The molecule has 0 fully saturated rings. The van der Waals surface area contributed by atoms with Crippen LogP contribution in [0.5, 0.6) is 5.75 Å². The van der Waals surface area contributed by atoms with E-state index in [-0.39, 0.29) is 11.6 Å². The number of hydrogen-bond acceptors (Lipinski definition) is 7. The van der Waals surface area contributed by atoms with Crippen LogP contribution in [0.25, 0.3) is 11.4 Å². The molecule has 1 N–H and O–H groups in total. The van der Waals surface area contributed by atoms with E-state index < -0.39 is 5.91 Å². The number of carbonyl (C=O) groups excluding carboxylic acids is 1. The van der Waals surface area contributed by atoms with E-state index in [1.54, 1.807) is 48.8 Å². The van der Waals surface area contributed by atoms with Crippen LogP contribution in [0.15, 0.2) is 48.8 Å². The predicted molar refractivity (Wildman–Crippen MR) is 98.4 cm³/mol. The van der Waals surface area contributed by atoms with Crippen LogP contribution in [0.4, 0.5) is 0 Å². The molecule has 9 nitrogen and oxygen atoms in total. The summed E-state index contributed by atoms with van der Waals surface area (Å²) in [4.78, 5) is 21.6. The highest BCUT2D eigenvalue weighted by Crippen LogP contribution is 2.15. The highest BCUT2D eigenvalue weighted by molar-refractivity contribution is 6.00. The number of nitriles is 2. The van der Waals surface area contributed by atoms with Gasteiger partial charge in [-0.1, -0.05) is 0 Å². The lowest BCUT2D eigenvalue weighted by Gasteiger charge is -2.07. The van der Waals surface area contributed by atoms with Crippen LogP contribution in [0.3, 0.4) is 0 Å². The third-order valence-corrected chi connectivity index (χ3v) is 3.65. The molecular weight excluding hydrogens is 358 g/mol. The van der Waals surface area contributed by atoms with Crippen molar-refractivity contribution in [3.8, 4) is 29.3 Å². The number of benzene rings is 1. The SMILES string of the molecule is N#CCCCOc1ccc(C(=O)Nn2nc(-c3cccnc3)nc2C#N)cc1. The van der Waals surface area contributed by atoms with Crippen LogP contribution < -0.4 is 10.2 Å². The molecule has 2 heterocycles. The highest BCUT2D eigenvalue weighted by atomic mass is 16.5. The molecule has 0 aliphatic carbocycles. The van der Waals surface area contributed by atoms with Crippen molar-refractivity contribution in [3.63, 3.8) is 0 Å².